The molecule has 0 aliphatic heterocycles. The molecule has 0 N–H and O–H groups in total. The lowest BCUT2D eigenvalue weighted by Gasteiger charge is -1.93. The van der Waals surface area contributed by atoms with Crippen LogP contribution in [0.25, 0.3) is 0 Å². The molecule has 0 saturated heterocycles. The molecule has 0 aromatic heterocycles. The zero-order chi connectivity index (χ0) is 7.28. The van der Waals surface area contributed by atoms with Crippen LogP contribution in [-0.4, -0.2) is 17.9 Å². The molecule has 0 aromatic rings. The first-order valence-corrected chi connectivity index (χ1v) is 1.97. The molecule has 0 spiro atoms. The lowest BCUT2D eigenvalue weighted by atomic mass is 10.7. The van der Waals surface area contributed by atoms with Crippen LogP contribution in [0.3, 0.4) is 0 Å². The molecule has 1 saturated carbocycles. The summed E-state index contributed by atoms with van der Waals surface area (Å²) in [4.78, 5) is 2.08. The van der Waals surface area contributed by atoms with E-state index in [-0.39, 0.29) is 0 Å². The second-order valence-corrected chi connectivity index (χ2v) is 1.71. The topological polar surface area (TPSA) is 9.23 Å². The first-order valence-electron chi connectivity index (χ1n) is 1.97. The van der Waals surface area contributed by atoms with Crippen LogP contribution in [0.4, 0.5) is 22.1 Å². The van der Waals surface area contributed by atoms with Crippen molar-refractivity contribution < 1.29 is 27.0 Å². The van der Waals surface area contributed by atoms with Crippen LogP contribution >= 0.6 is 0 Å². The highest BCUT2D eigenvalue weighted by Crippen LogP contribution is 2.58. The van der Waals surface area contributed by atoms with Gasteiger partial charge in [-0.05, 0) is 4.53 Å². The van der Waals surface area contributed by atoms with Crippen LogP contribution in [0, 0.1) is 0 Å². The first kappa shape index (κ1) is 6.73. The summed E-state index contributed by atoms with van der Waals surface area (Å²) in [6.45, 7) is 0. The molecule has 1 fully saturated rings. The van der Waals surface area contributed by atoms with E-state index in [1.54, 1.807) is 0 Å². The van der Waals surface area contributed by atoms with Crippen molar-refractivity contribution >= 4 is 0 Å². The standard InChI is InChI=1S/C3HF5O/c4-1-2(5,6)3(1,7)9-8/h1H. The summed E-state index contributed by atoms with van der Waals surface area (Å²) < 4.78 is 56.8. The van der Waals surface area contributed by atoms with E-state index in [2.05, 4.69) is 4.94 Å². The average Bonchev–Trinajstić information content (AvgIpc) is 2.16. The maximum absolute atomic E-state index is 11.7. The van der Waals surface area contributed by atoms with Gasteiger partial charge in [0.1, 0.15) is 0 Å². The molecule has 6 heteroatoms. The van der Waals surface area contributed by atoms with Gasteiger partial charge in [-0.3, -0.25) is 0 Å². The predicted molar refractivity (Wildman–Crippen MR) is 15.9 cm³/mol. The van der Waals surface area contributed by atoms with E-state index in [1.807, 2.05) is 0 Å². The average molecular weight is 148 g/mol. The van der Waals surface area contributed by atoms with Gasteiger partial charge in [-0.15, -0.1) is 4.94 Å². The highest BCUT2D eigenvalue weighted by molar-refractivity contribution is 5.15. The van der Waals surface area contributed by atoms with Crippen LogP contribution in [0.2, 0.25) is 0 Å². The Labute approximate surface area is 46.3 Å². The molecular formula is C3HF5O. The molecule has 9 heavy (non-hydrogen) atoms. The van der Waals surface area contributed by atoms with E-state index >= 15 is 0 Å². The van der Waals surface area contributed by atoms with E-state index < -0.39 is 17.9 Å². The molecule has 54 valence electrons. The van der Waals surface area contributed by atoms with Gasteiger partial charge in [0.05, 0.1) is 0 Å². The van der Waals surface area contributed by atoms with Crippen molar-refractivity contribution in [1.82, 2.24) is 0 Å². The summed E-state index contributed by atoms with van der Waals surface area (Å²) in [6.07, 6.45) is -3.17. The number of hydrogen-bond donors (Lipinski definition) is 0. The van der Waals surface area contributed by atoms with Crippen molar-refractivity contribution in [3.05, 3.63) is 0 Å². The summed E-state index contributed by atoms with van der Waals surface area (Å²) in [5, 5.41) is 0. The van der Waals surface area contributed by atoms with Gasteiger partial charge in [0.25, 0.3) is 0 Å². The Bertz CT molecular complexity index is 136. The molecule has 0 radical (unpaired) electrons. The van der Waals surface area contributed by atoms with Crippen LogP contribution in [0.5, 0.6) is 0 Å². The fourth-order valence-corrected chi connectivity index (χ4v) is 0.403. The molecule has 0 aromatic carbocycles. The van der Waals surface area contributed by atoms with E-state index in [4.69, 9.17) is 0 Å². The van der Waals surface area contributed by atoms with E-state index in [9.17, 15) is 22.1 Å². The van der Waals surface area contributed by atoms with Gasteiger partial charge in [-0.25, -0.2) is 4.39 Å². The largest absolute Gasteiger partial charge is 0.348 e. The molecule has 0 amide bonds. The highest BCUT2D eigenvalue weighted by Gasteiger charge is 2.88. The van der Waals surface area contributed by atoms with Crippen LogP contribution in [0.1, 0.15) is 0 Å². The Hall–Kier alpha value is -0.390. The molecule has 1 nitrogen and oxygen atoms in total. The smallest absolute Gasteiger partial charge is 0.234 e. The van der Waals surface area contributed by atoms with Gasteiger partial charge in [0, 0.05) is 0 Å². The minimum absolute atomic E-state index is 2.08. The van der Waals surface area contributed by atoms with E-state index in [0.717, 1.165) is 0 Å². The third-order valence-corrected chi connectivity index (χ3v) is 1.13. The Morgan fingerprint density at radius 2 is 1.56 bits per heavy atom. The molecule has 1 aliphatic carbocycles. The highest BCUT2D eigenvalue weighted by atomic mass is 19.3. The Morgan fingerprint density at radius 3 is 1.56 bits per heavy atom. The van der Waals surface area contributed by atoms with Crippen molar-refractivity contribution in [1.29, 1.82) is 0 Å². The molecule has 1 aliphatic rings. The zero-order valence-electron chi connectivity index (χ0n) is 3.88. The van der Waals surface area contributed by atoms with Gasteiger partial charge in [0.15, 0.2) is 0 Å². The van der Waals surface area contributed by atoms with Gasteiger partial charge < -0.3 is 0 Å². The van der Waals surface area contributed by atoms with Crippen LogP contribution in [-0.2, 0) is 4.94 Å². The number of hydrogen-bond acceptors (Lipinski definition) is 1. The maximum atomic E-state index is 11.7. The maximum Gasteiger partial charge on any atom is 0.348 e. The molecule has 2 unspecified atom stereocenters. The molecule has 0 bridgehead atoms. The Balaban J connectivity index is 2.70. The summed E-state index contributed by atoms with van der Waals surface area (Å²) >= 11 is 0. The van der Waals surface area contributed by atoms with Crippen molar-refractivity contribution in [3.63, 3.8) is 0 Å². The van der Waals surface area contributed by atoms with Gasteiger partial charge in [0.2, 0.25) is 6.17 Å². The second-order valence-electron chi connectivity index (χ2n) is 1.71. The molecule has 1 rings (SSSR count). The summed E-state index contributed by atoms with van der Waals surface area (Å²) in [7, 11) is 0. The number of rotatable bonds is 1. The monoisotopic (exact) mass is 148 g/mol. The summed E-state index contributed by atoms with van der Waals surface area (Å²) in [5.74, 6) is -8.34. The lowest BCUT2D eigenvalue weighted by Crippen LogP contribution is -2.11. The molecular weight excluding hydrogens is 147 g/mol. The van der Waals surface area contributed by atoms with E-state index in [0.29, 0.717) is 0 Å². The number of alkyl halides is 4. The third kappa shape index (κ3) is 0.513. The van der Waals surface area contributed by atoms with Crippen molar-refractivity contribution in [2.45, 2.75) is 17.9 Å². The summed E-state index contributed by atoms with van der Waals surface area (Å²) in [6, 6.07) is 0. The van der Waals surface area contributed by atoms with Crippen molar-refractivity contribution in [2.75, 3.05) is 0 Å². The Kier molecular flexibility index (Phi) is 1.02. The van der Waals surface area contributed by atoms with Crippen LogP contribution < -0.4 is 0 Å². The predicted octanol–water partition coefficient (Wildman–Crippen LogP) is 1.54. The SMILES string of the molecule is FOC1(F)C(F)C1(F)F. The quantitative estimate of drug-likeness (QED) is 0.512. The third-order valence-electron chi connectivity index (χ3n) is 1.13. The van der Waals surface area contributed by atoms with Gasteiger partial charge in [-0.1, -0.05) is 0 Å². The second kappa shape index (κ2) is 1.36. The van der Waals surface area contributed by atoms with Gasteiger partial charge in [-0.2, -0.15) is 13.2 Å². The first-order chi connectivity index (χ1) is 3.97. The van der Waals surface area contributed by atoms with E-state index in [1.165, 1.54) is 0 Å². The molecule has 0 heterocycles. The minimum Gasteiger partial charge on any atom is -0.234 e. The Morgan fingerprint density at radius 1 is 1.22 bits per heavy atom. The number of halogens is 5. The molecule has 2 atom stereocenters. The van der Waals surface area contributed by atoms with Crippen molar-refractivity contribution in [3.8, 4) is 0 Å². The minimum atomic E-state index is -4.32. The summed E-state index contributed by atoms with van der Waals surface area (Å²) in [5.41, 5.74) is 0. The fraction of sp³-hybridized carbons (Fsp3) is 1.00. The van der Waals surface area contributed by atoms with Gasteiger partial charge >= 0.3 is 11.8 Å². The fourth-order valence-electron chi connectivity index (χ4n) is 0.403. The van der Waals surface area contributed by atoms with Crippen molar-refractivity contribution in [2.24, 2.45) is 0 Å². The van der Waals surface area contributed by atoms with Crippen LogP contribution in [0.15, 0.2) is 0 Å². The normalized spacial score (nSPS) is 47.0. The zero-order valence-corrected chi connectivity index (χ0v) is 3.88. The lowest BCUT2D eigenvalue weighted by molar-refractivity contribution is -0.275.